The fourth-order valence-electron chi connectivity index (χ4n) is 1.47. The Kier molecular flexibility index (Phi) is 3.83. The van der Waals surface area contributed by atoms with E-state index in [0.717, 1.165) is 0 Å². The zero-order valence-electron chi connectivity index (χ0n) is 9.65. The molecule has 0 unspecified atom stereocenters. The van der Waals surface area contributed by atoms with Gasteiger partial charge >= 0.3 is 0 Å². The van der Waals surface area contributed by atoms with Gasteiger partial charge in [0.2, 0.25) is 0 Å². The molecule has 2 rings (SSSR count). The lowest BCUT2D eigenvalue weighted by Gasteiger charge is -2.08. The standard InChI is InChI=1S/C13H10Cl2N2O2/c14-8-2-4-11(9(15)6-8)17-13(19)7-1-3-10(16)12(18)5-7/h1-6,18H,16H2,(H,17,19). The molecular formula is C13H10Cl2N2O2. The van der Waals surface area contributed by atoms with Gasteiger partial charge in [0.05, 0.1) is 16.4 Å². The molecule has 0 bridgehead atoms. The molecule has 98 valence electrons. The Morgan fingerprint density at radius 3 is 2.53 bits per heavy atom. The second kappa shape index (κ2) is 5.38. The van der Waals surface area contributed by atoms with Crippen LogP contribution in [0.4, 0.5) is 11.4 Å². The number of nitrogen functional groups attached to an aromatic ring is 1. The third-order valence-electron chi connectivity index (χ3n) is 2.47. The van der Waals surface area contributed by atoms with Crippen LogP contribution in [0.5, 0.6) is 5.75 Å². The summed E-state index contributed by atoms with van der Waals surface area (Å²) in [6.07, 6.45) is 0. The van der Waals surface area contributed by atoms with Crippen molar-refractivity contribution >= 4 is 40.5 Å². The molecule has 0 aliphatic heterocycles. The van der Waals surface area contributed by atoms with E-state index < -0.39 is 5.91 Å². The lowest BCUT2D eigenvalue weighted by Crippen LogP contribution is -2.12. The van der Waals surface area contributed by atoms with E-state index in [-0.39, 0.29) is 17.0 Å². The Balaban J connectivity index is 2.23. The van der Waals surface area contributed by atoms with Crippen LogP contribution in [0, 0.1) is 0 Å². The Bertz CT molecular complexity index is 645. The van der Waals surface area contributed by atoms with Crippen LogP contribution in [0.2, 0.25) is 10.0 Å². The smallest absolute Gasteiger partial charge is 0.255 e. The molecular weight excluding hydrogens is 287 g/mol. The Morgan fingerprint density at radius 2 is 1.89 bits per heavy atom. The fourth-order valence-corrected chi connectivity index (χ4v) is 1.93. The molecule has 0 fully saturated rings. The third-order valence-corrected chi connectivity index (χ3v) is 3.02. The first-order valence-electron chi connectivity index (χ1n) is 5.32. The van der Waals surface area contributed by atoms with Gasteiger partial charge < -0.3 is 16.2 Å². The summed E-state index contributed by atoms with van der Waals surface area (Å²) >= 11 is 11.7. The van der Waals surface area contributed by atoms with Gasteiger partial charge in [-0.05, 0) is 36.4 Å². The molecule has 0 aliphatic rings. The van der Waals surface area contributed by atoms with E-state index >= 15 is 0 Å². The molecule has 1 amide bonds. The van der Waals surface area contributed by atoms with Crippen molar-refractivity contribution in [2.45, 2.75) is 0 Å². The van der Waals surface area contributed by atoms with Crippen LogP contribution in [0.1, 0.15) is 10.4 Å². The molecule has 0 spiro atoms. The highest BCUT2D eigenvalue weighted by molar-refractivity contribution is 6.36. The summed E-state index contributed by atoms with van der Waals surface area (Å²) in [4.78, 5) is 12.0. The van der Waals surface area contributed by atoms with Crippen molar-refractivity contribution in [2.75, 3.05) is 11.1 Å². The maximum absolute atomic E-state index is 12.0. The zero-order valence-corrected chi connectivity index (χ0v) is 11.2. The number of phenolic OH excluding ortho intramolecular Hbond substituents is 1. The van der Waals surface area contributed by atoms with Gasteiger partial charge in [0, 0.05) is 10.6 Å². The number of nitrogens with two attached hydrogens (primary N) is 1. The molecule has 0 saturated carbocycles. The quantitative estimate of drug-likeness (QED) is 0.586. The maximum Gasteiger partial charge on any atom is 0.255 e. The highest BCUT2D eigenvalue weighted by Crippen LogP contribution is 2.26. The highest BCUT2D eigenvalue weighted by Gasteiger charge is 2.10. The van der Waals surface area contributed by atoms with E-state index in [9.17, 15) is 9.90 Å². The summed E-state index contributed by atoms with van der Waals surface area (Å²) in [5.41, 5.74) is 6.39. The average molecular weight is 297 g/mol. The van der Waals surface area contributed by atoms with Crippen molar-refractivity contribution in [3.05, 3.63) is 52.0 Å². The third kappa shape index (κ3) is 3.10. The summed E-state index contributed by atoms with van der Waals surface area (Å²) in [7, 11) is 0. The number of benzene rings is 2. The second-order valence-corrected chi connectivity index (χ2v) is 4.70. The first-order valence-corrected chi connectivity index (χ1v) is 6.08. The largest absolute Gasteiger partial charge is 0.506 e. The number of carbonyl (C=O) groups is 1. The Labute approximate surface area is 119 Å². The number of rotatable bonds is 2. The first kappa shape index (κ1) is 13.5. The van der Waals surface area contributed by atoms with E-state index in [1.54, 1.807) is 12.1 Å². The van der Waals surface area contributed by atoms with Gasteiger partial charge in [-0.25, -0.2) is 0 Å². The minimum Gasteiger partial charge on any atom is -0.506 e. The number of hydrogen-bond donors (Lipinski definition) is 3. The maximum atomic E-state index is 12.0. The lowest BCUT2D eigenvalue weighted by molar-refractivity contribution is 0.102. The molecule has 0 heterocycles. The first-order chi connectivity index (χ1) is 8.97. The molecule has 6 heteroatoms. The minimum absolute atomic E-state index is 0.144. The van der Waals surface area contributed by atoms with Gasteiger partial charge in [0.25, 0.3) is 5.91 Å². The van der Waals surface area contributed by atoms with E-state index in [4.69, 9.17) is 28.9 Å². The van der Waals surface area contributed by atoms with E-state index in [1.165, 1.54) is 24.3 Å². The van der Waals surface area contributed by atoms with E-state index in [0.29, 0.717) is 15.7 Å². The molecule has 19 heavy (non-hydrogen) atoms. The lowest BCUT2D eigenvalue weighted by atomic mass is 10.1. The van der Waals surface area contributed by atoms with Gasteiger partial charge in [-0.1, -0.05) is 23.2 Å². The number of carbonyl (C=O) groups excluding carboxylic acids is 1. The van der Waals surface area contributed by atoms with Crippen molar-refractivity contribution in [1.82, 2.24) is 0 Å². The van der Waals surface area contributed by atoms with E-state index in [1.807, 2.05) is 0 Å². The number of nitrogens with one attached hydrogen (secondary N) is 1. The van der Waals surface area contributed by atoms with Crippen molar-refractivity contribution in [1.29, 1.82) is 0 Å². The van der Waals surface area contributed by atoms with Crippen molar-refractivity contribution in [3.63, 3.8) is 0 Å². The molecule has 0 radical (unpaired) electrons. The number of halogens is 2. The van der Waals surface area contributed by atoms with Crippen LogP contribution in [0.15, 0.2) is 36.4 Å². The molecule has 2 aromatic rings. The molecule has 0 aromatic heterocycles. The number of aromatic hydroxyl groups is 1. The monoisotopic (exact) mass is 296 g/mol. The normalized spacial score (nSPS) is 10.2. The number of hydrogen-bond acceptors (Lipinski definition) is 3. The van der Waals surface area contributed by atoms with Crippen LogP contribution in [-0.4, -0.2) is 11.0 Å². The van der Waals surface area contributed by atoms with Gasteiger partial charge in [0.1, 0.15) is 5.75 Å². The summed E-state index contributed by atoms with van der Waals surface area (Å²) < 4.78 is 0. The molecule has 0 aliphatic carbocycles. The summed E-state index contributed by atoms with van der Waals surface area (Å²) in [6, 6.07) is 8.98. The van der Waals surface area contributed by atoms with Crippen LogP contribution in [0.3, 0.4) is 0 Å². The predicted molar refractivity (Wildman–Crippen MR) is 76.9 cm³/mol. The number of anilines is 2. The molecule has 2 aromatic carbocycles. The van der Waals surface area contributed by atoms with Gasteiger partial charge in [-0.3, -0.25) is 4.79 Å². The fraction of sp³-hybridized carbons (Fsp3) is 0. The topological polar surface area (TPSA) is 75.4 Å². The van der Waals surface area contributed by atoms with Gasteiger partial charge in [-0.2, -0.15) is 0 Å². The molecule has 4 N–H and O–H groups in total. The molecule has 0 atom stereocenters. The average Bonchev–Trinajstić information content (AvgIpc) is 2.36. The zero-order chi connectivity index (χ0) is 14.0. The summed E-state index contributed by atoms with van der Waals surface area (Å²) in [6.45, 7) is 0. The minimum atomic E-state index is -0.403. The van der Waals surface area contributed by atoms with Crippen LogP contribution in [0.25, 0.3) is 0 Å². The van der Waals surface area contributed by atoms with Gasteiger partial charge in [0.15, 0.2) is 0 Å². The predicted octanol–water partition coefficient (Wildman–Crippen LogP) is 3.53. The Hall–Kier alpha value is -1.91. The van der Waals surface area contributed by atoms with E-state index in [2.05, 4.69) is 5.32 Å². The van der Waals surface area contributed by atoms with Crippen molar-refractivity contribution < 1.29 is 9.90 Å². The van der Waals surface area contributed by atoms with Crippen LogP contribution >= 0.6 is 23.2 Å². The molecule has 4 nitrogen and oxygen atoms in total. The number of phenols is 1. The highest BCUT2D eigenvalue weighted by atomic mass is 35.5. The molecule has 0 saturated heterocycles. The Morgan fingerprint density at radius 1 is 1.16 bits per heavy atom. The van der Waals surface area contributed by atoms with Crippen molar-refractivity contribution in [3.8, 4) is 5.75 Å². The number of amides is 1. The summed E-state index contributed by atoms with van der Waals surface area (Å²) in [5, 5.41) is 12.9. The van der Waals surface area contributed by atoms with Crippen LogP contribution in [-0.2, 0) is 0 Å². The van der Waals surface area contributed by atoms with Gasteiger partial charge in [-0.15, -0.1) is 0 Å². The second-order valence-electron chi connectivity index (χ2n) is 3.85. The summed E-state index contributed by atoms with van der Waals surface area (Å²) in [5.74, 6) is -0.547. The van der Waals surface area contributed by atoms with Crippen LogP contribution < -0.4 is 11.1 Å². The SMILES string of the molecule is Nc1ccc(C(=O)Nc2ccc(Cl)cc2Cl)cc1O. The van der Waals surface area contributed by atoms with Crippen molar-refractivity contribution in [2.24, 2.45) is 0 Å².